The van der Waals surface area contributed by atoms with E-state index in [-0.39, 0.29) is 0 Å². The number of halogens is 1. The SMILES string of the molecule is CNC1CC(c2cc(Cl)ccc2OC)C1. The summed E-state index contributed by atoms with van der Waals surface area (Å²) in [6.45, 7) is 0. The Morgan fingerprint density at radius 1 is 1.40 bits per heavy atom. The van der Waals surface area contributed by atoms with Gasteiger partial charge in [0.05, 0.1) is 7.11 Å². The number of benzene rings is 1. The molecular weight excluding hydrogens is 210 g/mol. The molecule has 1 aliphatic rings. The fraction of sp³-hybridized carbons (Fsp3) is 0.500. The molecule has 0 saturated heterocycles. The quantitative estimate of drug-likeness (QED) is 0.854. The van der Waals surface area contributed by atoms with Crippen LogP contribution in [0.2, 0.25) is 5.02 Å². The van der Waals surface area contributed by atoms with Gasteiger partial charge in [-0.1, -0.05) is 11.6 Å². The van der Waals surface area contributed by atoms with E-state index in [9.17, 15) is 0 Å². The molecule has 1 fully saturated rings. The molecule has 0 spiro atoms. The van der Waals surface area contributed by atoms with Crippen LogP contribution < -0.4 is 10.1 Å². The minimum absolute atomic E-state index is 0.594. The van der Waals surface area contributed by atoms with Crippen LogP contribution in [0.4, 0.5) is 0 Å². The van der Waals surface area contributed by atoms with Gasteiger partial charge in [0, 0.05) is 11.1 Å². The van der Waals surface area contributed by atoms with Crippen molar-refractivity contribution in [3.8, 4) is 5.75 Å². The number of methoxy groups -OCH3 is 1. The minimum Gasteiger partial charge on any atom is -0.496 e. The molecule has 82 valence electrons. The first-order chi connectivity index (χ1) is 7.24. The van der Waals surface area contributed by atoms with Crippen molar-refractivity contribution < 1.29 is 4.74 Å². The summed E-state index contributed by atoms with van der Waals surface area (Å²) in [5.41, 5.74) is 1.25. The van der Waals surface area contributed by atoms with E-state index in [4.69, 9.17) is 16.3 Å². The normalized spacial score (nSPS) is 24.7. The third kappa shape index (κ3) is 2.11. The van der Waals surface area contributed by atoms with Crippen molar-refractivity contribution in [3.05, 3.63) is 28.8 Å². The molecule has 1 aromatic carbocycles. The summed E-state index contributed by atoms with van der Waals surface area (Å²) in [4.78, 5) is 0. The summed E-state index contributed by atoms with van der Waals surface area (Å²) in [5.74, 6) is 1.55. The molecule has 0 atom stereocenters. The zero-order valence-corrected chi connectivity index (χ0v) is 9.84. The maximum atomic E-state index is 6.00. The van der Waals surface area contributed by atoms with Gasteiger partial charge in [-0.05, 0) is 49.6 Å². The number of nitrogens with one attached hydrogen (secondary N) is 1. The van der Waals surface area contributed by atoms with Crippen molar-refractivity contribution in [2.24, 2.45) is 0 Å². The van der Waals surface area contributed by atoms with Gasteiger partial charge in [0.15, 0.2) is 0 Å². The van der Waals surface area contributed by atoms with Crippen LogP contribution in [0.5, 0.6) is 5.75 Å². The van der Waals surface area contributed by atoms with Gasteiger partial charge in [-0.15, -0.1) is 0 Å². The Labute approximate surface area is 95.6 Å². The third-order valence-electron chi connectivity index (χ3n) is 3.18. The van der Waals surface area contributed by atoms with Gasteiger partial charge in [0.1, 0.15) is 5.75 Å². The molecule has 0 heterocycles. The summed E-state index contributed by atoms with van der Waals surface area (Å²) < 4.78 is 5.35. The molecular formula is C12H16ClNO. The Balaban J connectivity index is 2.17. The summed E-state index contributed by atoms with van der Waals surface area (Å²) in [6, 6.07) is 6.50. The van der Waals surface area contributed by atoms with Crippen molar-refractivity contribution in [3.63, 3.8) is 0 Å². The molecule has 0 radical (unpaired) electrons. The Hall–Kier alpha value is -0.730. The largest absolute Gasteiger partial charge is 0.496 e. The maximum absolute atomic E-state index is 6.00. The number of rotatable bonds is 3. The molecule has 1 saturated carbocycles. The lowest BCUT2D eigenvalue weighted by atomic mass is 9.75. The average molecular weight is 226 g/mol. The van der Waals surface area contributed by atoms with E-state index < -0.39 is 0 Å². The monoisotopic (exact) mass is 225 g/mol. The van der Waals surface area contributed by atoms with Crippen LogP contribution in [0.1, 0.15) is 24.3 Å². The Morgan fingerprint density at radius 2 is 2.13 bits per heavy atom. The highest BCUT2D eigenvalue weighted by Gasteiger charge is 2.30. The molecule has 0 aliphatic heterocycles. The first-order valence-corrected chi connectivity index (χ1v) is 5.63. The van der Waals surface area contributed by atoms with Crippen LogP contribution in [0.3, 0.4) is 0 Å². The van der Waals surface area contributed by atoms with Crippen LogP contribution in [-0.2, 0) is 0 Å². The molecule has 0 aromatic heterocycles. The average Bonchev–Trinajstić information content (AvgIpc) is 2.16. The number of hydrogen-bond acceptors (Lipinski definition) is 2. The standard InChI is InChI=1S/C12H16ClNO/c1-14-10-5-8(6-10)11-7-9(13)3-4-12(11)15-2/h3-4,7-8,10,14H,5-6H2,1-2H3. The molecule has 2 rings (SSSR count). The zero-order valence-electron chi connectivity index (χ0n) is 9.09. The van der Waals surface area contributed by atoms with Gasteiger partial charge >= 0.3 is 0 Å². The van der Waals surface area contributed by atoms with E-state index in [0.717, 1.165) is 10.8 Å². The topological polar surface area (TPSA) is 21.3 Å². The van der Waals surface area contributed by atoms with Gasteiger partial charge in [-0.3, -0.25) is 0 Å². The van der Waals surface area contributed by atoms with Gasteiger partial charge in [0.2, 0.25) is 0 Å². The highest BCUT2D eigenvalue weighted by Crippen LogP contribution is 2.41. The first-order valence-electron chi connectivity index (χ1n) is 5.25. The van der Waals surface area contributed by atoms with E-state index in [2.05, 4.69) is 5.32 Å². The second-order valence-electron chi connectivity index (χ2n) is 4.04. The van der Waals surface area contributed by atoms with E-state index in [1.165, 1.54) is 18.4 Å². The predicted octanol–water partition coefficient (Wildman–Crippen LogP) is 2.81. The van der Waals surface area contributed by atoms with Gasteiger partial charge in [-0.2, -0.15) is 0 Å². The van der Waals surface area contributed by atoms with Crippen LogP contribution in [0.15, 0.2) is 18.2 Å². The molecule has 15 heavy (non-hydrogen) atoms. The van der Waals surface area contributed by atoms with Gasteiger partial charge in [0.25, 0.3) is 0 Å². The van der Waals surface area contributed by atoms with E-state index >= 15 is 0 Å². The van der Waals surface area contributed by atoms with Crippen LogP contribution in [0, 0.1) is 0 Å². The van der Waals surface area contributed by atoms with Crippen molar-refractivity contribution in [2.45, 2.75) is 24.8 Å². The van der Waals surface area contributed by atoms with E-state index in [0.29, 0.717) is 12.0 Å². The lowest BCUT2D eigenvalue weighted by Crippen LogP contribution is -2.37. The zero-order chi connectivity index (χ0) is 10.8. The molecule has 1 aliphatic carbocycles. The molecule has 1 N–H and O–H groups in total. The fourth-order valence-electron chi connectivity index (χ4n) is 2.13. The molecule has 0 unspecified atom stereocenters. The summed E-state index contributed by atoms with van der Waals surface area (Å²) in [7, 11) is 3.72. The molecule has 2 nitrogen and oxygen atoms in total. The maximum Gasteiger partial charge on any atom is 0.122 e. The summed E-state index contributed by atoms with van der Waals surface area (Å²) >= 11 is 6.00. The fourth-order valence-corrected chi connectivity index (χ4v) is 2.31. The van der Waals surface area contributed by atoms with Crippen LogP contribution in [0.25, 0.3) is 0 Å². The van der Waals surface area contributed by atoms with Gasteiger partial charge < -0.3 is 10.1 Å². The second-order valence-corrected chi connectivity index (χ2v) is 4.48. The third-order valence-corrected chi connectivity index (χ3v) is 3.41. The lowest BCUT2D eigenvalue weighted by Gasteiger charge is -2.36. The Bertz CT molecular complexity index is 347. The lowest BCUT2D eigenvalue weighted by molar-refractivity contribution is 0.297. The molecule has 0 amide bonds. The van der Waals surface area contributed by atoms with Crippen molar-refractivity contribution in [1.29, 1.82) is 0 Å². The highest BCUT2D eigenvalue weighted by molar-refractivity contribution is 6.30. The molecule has 0 bridgehead atoms. The van der Waals surface area contributed by atoms with Crippen LogP contribution in [-0.4, -0.2) is 20.2 Å². The van der Waals surface area contributed by atoms with E-state index in [1.54, 1.807) is 7.11 Å². The minimum atomic E-state index is 0.594. The number of ether oxygens (including phenoxy) is 1. The van der Waals surface area contributed by atoms with Crippen molar-refractivity contribution in [2.75, 3.05) is 14.2 Å². The van der Waals surface area contributed by atoms with Crippen molar-refractivity contribution >= 4 is 11.6 Å². The van der Waals surface area contributed by atoms with Gasteiger partial charge in [-0.25, -0.2) is 0 Å². The van der Waals surface area contributed by atoms with Crippen LogP contribution >= 0.6 is 11.6 Å². The first kappa shape index (κ1) is 10.8. The van der Waals surface area contributed by atoms with Crippen molar-refractivity contribution in [1.82, 2.24) is 5.32 Å². The molecule has 3 heteroatoms. The number of hydrogen-bond donors (Lipinski definition) is 1. The summed E-state index contributed by atoms with van der Waals surface area (Å²) in [6.07, 6.45) is 2.35. The Morgan fingerprint density at radius 3 is 2.73 bits per heavy atom. The summed E-state index contributed by atoms with van der Waals surface area (Å²) in [5, 5.41) is 4.07. The van der Waals surface area contributed by atoms with E-state index in [1.807, 2.05) is 25.2 Å². The molecule has 1 aromatic rings. The predicted molar refractivity (Wildman–Crippen MR) is 62.8 cm³/mol. The second kappa shape index (κ2) is 4.42. The Kier molecular flexibility index (Phi) is 3.17. The smallest absolute Gasteiger partial charge is 0.122 e. The highest BCUT2D eigenvalue weighted by atomic mass is 35.5.